The fraction of sp³-hybridized carbons (Fsp3) is 0.368. The number of non-ortho nitro benzene ring substituents is 1. The van der Waals surface area contributed by atoms with Crippen molar-refractivity contribution in [3.63, 3.8) is 0 Å². The highest BCUT2D eigenvalue weighted by Gasteiger charge is 2.52. The number of nitro benzene ring substituents is 1. The van der Waals surface area contributed by atoms with Gasteiger partial charge in [0.05, 0.1) is 16.1 Å². The van der Waals surface area contributed by atoms with Crippen molar-refractivity contribution in [1.82, 2.24) is 0 Å². The molecule has 1 aliphatic heterocycles. The Balaban J connectivity index is 2.06. The van der Waals surface area contributed by atoms with Gasteiger partial charge in [0.15, 0.2) is 0 Å². The SMILES string of the molecule is Cc1cccc(B2OC(C)(C)C(C)(C)O2)c1-c1ccc([N+](=O)[O-])cc1. The molecule has 0 N–H and O–H groups in total. The van der Waals surface area contributed by atoms with Crippen LogP contribution in [0, 0.1) is 17.0 Å². The first-order valence-electron chi connectivity index (χ1n) is 8.32. The van der Waals surface area contributed by atoms with Gasteiger partial charge in [-0.2, -0.15) is 0 Å². The van der Waals surface area contributed by atoms with Crippen LogP contribution in [-0.4, -0.2) is 23.2 Å². The molecule has 0 spiro atoms. The predicted molar refractivity (Wildman–Crippen MR) is 99.0 cm³/mol. The zero-order valence-electron chi connectivity index (χ0n) is 15.2. The van der Waals surface area contributed by atoms with Crippen LogP contribution in [0.25, 0.3) is 11.1 Å². The second-order valence-corrected chi connectivity index (χ2v) is 7.43. The maximum Gasteiger partial charge on any atom is 0.495 e. The Morgan fingerprint density at radius 1 is 0.960 bits per heavy atom. The molecular formula is C19H22BNO4. The van der Waals surface area contributed by atoms with Crippen LogP contribution in [0.4, 0.5) is 5.69 Å². The van der Waals surface area contributed by atoms with Crippen molar-refractivity contribution in [2.75, 3.05) is 0 Å². The van der Waals surface area contributed by atoms with Crippen LogP contribution in [0.2, 0.25) is 0 Å². The average Bonchev–Trinajstić information content (AvgIpc) is 2.75. The van der Waals surface area contributed by atoms with E-state index in [0.717, 1.165) is 22.2 Å². The minimum atomic E-state index is -0.477. The topological polar surface area (TPSA) is 61.6 Å². The zero-order valence-corrected chi connectivity index (χ0v) is 15.2. The molecule has 130 valence electrons. The predicted octanol–water partition coefficient (Wildman–Crippen LogP) is 3.87. The fourth-order valence-corrected chi connectivity index (χ4v) is 3.00. The zero-order chi connectivity index (χ0) is 18.4. The average molecular weight is 339 g/mol. The first kappa shape index (κ1) is 17.6. The molecule has 1 heterocycles. The number of nitro groups is 1. The normalized spacial score (nSPS) is 18.4. The van der Waals surface area contributed by atoms with Crippen LogP contribution in [0.3, 0.4) is 0 Å². The molecule has 3 rings (SSSR count). The summed E-state index contributed by atoms with van der Waals surface area (Å²) in [7, 11) is -0.477. The molecule has 0 radical (unpaired) electrons. The molecule has 0 amide bonds. The second kappa shape index (κ2) is 5.97. The van der Waals surface area contributed by atoms with E-state index >= 15 is 0 Å². The molecule has 0 atom stereocenters. The number of nitrogens with zero attached hydrogens (tertiary/aromatic N) is 1. The van der Waals surface area contributed by atoms with Crippen LogP contribution < -0.4 is 5.46 Å². The summed E-state index contributed by atoms with van der Waals surface area (Å²) in [6, 6.07) is 12.6. The van der Waals surface area contributed by atoms with Crippen LogP contribution in [-0.2, 0) is 9.31 Å². The number of rotatable bonds is 3. The van der Waals surface area contributed by atoms with Gasteiger partial charge in [-0.05, 0) is 68.9 Å². The third-order valence-corrected chi connectivity index (χ3v) is 5.18. The molecule has 2 aromatic carbocycles. The Morgan fingerprint density at radius 3 is 2.04 bits per heavy atom. The molecule has 1 aliphatic rings. The summed E-state index contributed by atoms with van der Waals surface area (Å²) in [5.41, 5.74) is 3.15. The van der Waals surface area contributed by atoms with Crippen molar-refractivity contribution in [3.8, 4) is 11.1 Å². The van der Waals surface area contributed by atoms with Gasteiger partial charge in [-0.15, -0.1) is 0 Å². The Bertz CT molecular complexity index is 799. The van der Waals surface area contributed by atoms with Crippen LogP contribution in [0.5, 0.6) is 0 Å². The van der Waals surface area contributed by atoms with Gasteiger partial charge in [0.2, 0.25) is 0 Å². The Hall–Kier alpha value is -2.18. The van der Waals surface area contributed by atoms with Gasteiger partial charge in [-0.3, -0.25) is 10.1 Å². The molecule has 6 heteroatoms. The lowest BCUT2D eigenvalue weighted by molar-refractivity contribution is -0.384. The summed E-state index contributed by atoms with van der Waals surface area (Å²) >= 11 is 0. The molecule has 1 saturated heterocycles. The van der Waals surface area contributed by atoms with E-state index in [2.05, 4.69) is 0 Å². The van der Waals surface area contributed by atoms with Gasteiger partial charge in [-0.1, -0.05) is 18.2 Å². The van der Waals surface area contributed by atoms with Crippen molar-refractivity contribution in [1.29, 1.82) is 0 Å². The van der Waals surface area contributed by atoms with Gasteiger partial charge < -0.3 is 9.31 Å². The highest BCUT2D eigenvalue weighted by atomic mass is 16.7. The van der Waals surface area contributed by atoms with Crippen molar-refractivity contribution in [3.05, 3.63) is 58.1 Å². The third-order valence-electron chi connectivity index (χ3n) is 5.18. The Kier molecular flexibility index (Phi) is 4.21. The molecule has 2 aromatic rings. The minimum Gasteiger partial charge on any atom is -0.399 e. The monoisotopic (exact) mass is 339 g/mol. The maximum absolute atomic E-state index is 10.9. The summed E-state index contributed by atoms with van der Waals surface area (Å²) in [6.45, 7) is 10.1. The van der Waals surface area contributed by atoms with Crippen LogP contribution in [0.1, 0.15) is 33.3 Å². The fourth-order valence-electron chi connectivity index (χ4n) is 3.00. The lowest BCUT2D eigenvalue weighted by Gasteiger charge is -2.32. The van der Waals surface area contributed by atoms with Crippen molar-refractivity contribution in [2.45, 2.75) is 45.8 Å². The second-order valence-electron chi connectivity index (χ2n) is 7.43. The van der Waals surface area contributed by atoms with Crippen LogP contribution in [0.15, 0.2) is 42.5 Å². The summed E-state index contributed by atoms with van der Waals surface area (Å²) in [5, 5.41) is 10.9. The molecule has 5 nitrogen and oxygen atoms in total. The lowest BCUT2D eigenvalue weighted by atomic mass is 9.73. The molecular weight excluding hydrogens is 317 g/mol. The minimum absolute atomic E-state index is 0.0783. The lowest BCUT2D eigenvalue weighted by Crippen LogP contribution is -2.41. The number of benzene rings is 2. The Labute approximate surface area is 148 Å². The van der Waals surface area contributed by atoms with Crippen molar-refractivity contribution >= 4 is 18.3 Å². The number of aryl methyl sites for hydroxylation is 1. The molecule has 0 unspecified atom stereocenters. The highest BCUT2D eigenvalue weighted by molar-refractivity contribution is 6.64. The maximum atomic E-state index is 10.9. The van der Waals surface area contributed by atoms with Gasteiger partial charge in [-0.25, -0.2) is 0 Å². The number of hydrogen-bond acceptors (Lipinski definition) is 4. The Morgan fingerprint density at radius 2 is 1.52 bits per heavy atom. The van der Waals surface area contributed by atoms with Crippen molar-refractivity contribution < 1.29 is 14.2 Å². The number of hydrogen-bond donors (Lipinski definition) is 0. The van der Waals surface area contributed by atoms with Gasteiger partial charge >= 0.3 is 7.12 Å². The van der Waals surface area contributed by atoms with Gasteiger partial charge in [0.25, 0.3) is 5.69 Å². The highest BCUT2D eigenvalue weighted by Crippen LogP contribution is 2.37. The van der Waals surface area contributed by atoms with E-state index in [1.807, 2.05) is 52.8 Å². The van der Waals surface area contributed by atoms with Crippen molar-refractivity contribution in [2.24, 2.45) is 0 Å². The van der Waals surface area contributed by atoms with E-state index in [1.54, 1.807) is 12.1 Å². The summed E-state index contributed by atoms with van der Waals surface area (Å²) in [6.07, 6.45) is 0. The summed E-state index contributed by atoms with van der Waals surface area (Å²) in [5.74, 6) is 0. The van der Waals surface area contributed by atoms with E-state index in [4.69, 9.17) is 9.31 Å². The summed E-state index contributed by atoms with van der Waals surface area (Å²) in [4.78, 5) is 10.5. The molecule has 25 heavy (non-hydrogen) atoms. The molecule has 0 aliphatic carbocycles. The first-order valence-corrected chi connectivity index (χ1v) is 8.32. The molecule has 1 fully saturated rings. The van der Waals surface area contributed by atoms with Crippen LogP contribution >= 0.6 is 0 Å². The molecule has 0 aromatic heterocycles. The quantitative estimate of drug-likeness (QED) is 0.484. The largest absolute Gasteiger partial charge is 0.495 e. The van der Waals surface area contributed by atoms with Gasteiger partial charge in [0, 0.05) is 12.1 Å². The van der Waals surface area contributed by atoms with E-state index in [9.17, 15) is 10.1 Å². The first-order chi connectivity index (χ1) is 11.6. The molecule has 0 bridgehead atoms. The molecule has 0 saturated carbocycles. The smallest absolute Gasteiger partial charge is 0.399 e. The van der Waals surface area contributed by atoms with E-state index in [1.165, 1.54) is 12.1 Å². The van der Waals surface area contributed by atoms with E-state index in [-0.39, 0.29) is 5.69 Å². The van der Waals surface area contributed by atoms with E-state index < -0.39 is 23.2 Å². The summed E-state index contributed by atoms with van der Waals surface area (Å²) < 4.78 is 12.4. The third kappa shape index (κ3) is 3.07. The van der Waals surface area contributed by atoms with E-state index in [0.29, 0.717) is 0 Å². The van der Waals surface area contributed by atoms with Gasteiger partial charge in [0.1, 0.15) is 0 Å². The standard InChI is InChI=1S/C19H22BNO4/c1-13-7-6-8-16(20-24-18(2,3)19(4,5)25-20)17(13)14-9-11-15(12-10-14)21(22)23/h6-12H,1-5H3.